The number of aliphatic hydroxyl groups is 1. The van der Waals surface area contributed by atoms with Crippen molar-refractivity contribution in [3.05, 3.63) is 34.4 Å². The van der Waals surface area contributed by atoms with Crippen molar-refractivity contribution in [3.8, 4) is 12.1 Å². The molecule has 7 heteroatoms. The van der Waals surface area contributed by atoms with Crippen molar-refractivity contribution >= 4 is 11.4 Å². The highest BCUT2D eigenvalue weighted by Gasteiger charge is 2.18. The second-order valence-electron chi connectivity index (χ2n) is 3.35. The van der Waals surface area contributed by atoms with E-state index in [2.05, 4.69) is 0 Å². The minimum atomic E-state index is -1.04. The minimum absolute atomic E-state index is 0.0758. The lowest BCUT2D eigenvalue weighted by Gasteiger charge is -2.24. The van der Waals surface area contributed by atoms with Gasteiger partial charge in [0.05, 0.1) is 11.5 Å². The van der Waals surface area contributed by atoms with Gasteiger partial charge in [0.2, 0.25) is 6.04 Å². The van der Waals surface area contributed by atoms with Crippen LogP contribution in [-0.4, -0.2) is 29.2 Å². The molecule has 1 rings (SSSR count). The number of nitriles is 2. The van der Waals surface area contributed by atoms with Crippen molar-refractivity contribution in [1.29, 1.82) is 10.5 Å². The summed E-state index contributed by atoms with van der Waals surface area (Å²) < 4.78 is 0. The molecular formula is C13H16N4O3. The van der Waals surface area contributed by atoms with E-state index in [1.54, 1.807) is 12.1 Å². The minimum Gasteiger partial charge on any atom is -0.395 e. The molecule has 20 heavy (non-hydrogen) atoms. The molecule has 0 heterocycles. The first-order chi connectivity index (χ1) is 9.63. The second-order valence-corrected chi connectivity index (χ2v) is 3.35. The van der Waals surface area contributed by atoms with Crippen LogP contribution in [0.1, 0.15) is 13.8 Å². The third-order valence-corrected chi connectivity index (χ3v) is 2.29. The van der Waals surface area contributed by atoms with Crippen LogP contribution in [0.4, 0.5) is 11.4 Å². The van der Waals surface area contributed by atoms with Crippen molar-refractivity contribution in [2.24, 2.45) is 0 Å². The lowest BCUT2D eigenvalue weighted by Crippen LogP contribution is -2.35. The molecule has 0 saturated carbocycles. The van der Waals surface area contributed by atoms with E-state index in [1.165, 1.54) is 29.2 Å². The van der Waals surface area contributed by atoms with Crippen molar-refractivity contribution in [3.63, 3.8) is 0 Å². The van der Waals surface area contributed by atoms with Gasteiger partial charge in [-0.05, 0) is 12.1 Å². The molecule has 0 aromatic heterocycles. The molecule has 0 saturated heterocycles. The fourth-order valence-corrected chi connectivity index (χ4v) is 1.45. The van der Waals surface area contributed by atoms with Gasteiger partial charge in [0.15, 0.2) is 0 Å². The van der Waals surface area contributed by atoms with E-state index in [4.69, 9.17) is 15.6 Å². The Kier molecular flexibility index (Phi) is 8.08. The Morgan fingerprint density at radius 1 is 1.30 bits per heavy atom. The molecule has 0 aliphatic carbocycles. The maximum absolute atomic E-state index is 10.5. The molecule has 0 fully saturated rings. The highest BCUT2D eigenvalue weighted by molar-refractivity contribution is 5.54. The summed E-state index contributed by atoms with van der Waals surface area (Å²) in [6.07, 6.45) is 0. The molecule has 1 N–H and O–H groups in total. The summed E-state index contributed by atoms with van der Waals surface area (Å²) in [6.45, 7) is 3.88. The monoisotopic (exact) mass is 276 g/mol. The number of non-ortho nitro benzene ring substituents is 1. The SMILES string of the molecule is CC.N#CC(C#N)N(CCO)c1ccc([N+](=O)[O-])cc1. The molecule has 1 aromatic carbocycles. The predicted molar refractivity (Wildman–Crippen MR) is 73.9 cm³/mol. The summed E-state index contributed by atoms with van der Waals surface area (Å²) in [5, 5.41) is 37.1. The number of hydrogen-bond donors (Lipinski definition) is 1. The number of aliphatic hydroxyl groups excluding tert-OH is 1. The van der Waals surface area contributed by atoms with Gasteiger partial charge < -0.3 is 10.0 Å². The number of hydrogen-bond acceptors (Lipinski definition) is 6. The zero-order valence-electron chi connectivity index (χ0n) is 11.4. The van der Waals surface area contributed by atoms with Crippen LogP contribution < -0.4 is 4.90 Å². The van der Waals surface area contributed by atoms with Gasteiger partial charge in [0.25, 0.3) is 5.69 Å². The van der Waals surface area contributed by atoms with E-state index < -0.39 is 11.0 Å². The lowest BCUT2D eigenvalue weighted by molar-refractivity contribution is -0.384. The fraction of sp³-hybridized carbons (Fsp3) is 0.385. The van der Waals surface area contributed by atoms with E-state index in [0.717, 1.165) is 0 Å². The van der Waals surface area contributed by atoms with Crippen LogP contribution in [0.25, 0.3) is 0 Å². The lowest BCUT2D eigenvalue weighted by atomic mass is 10.2. The molecule has 0 radical (unpaired) electrons. The Labute approximate surface area is 117 Å². The summed E-state index contributed by atoms with van der Waals surface area (Å²) in [6, 6.07) is 7.99. The van der Waals surface area contributed by atoms with Gasteiger partial charge in [-0.15, -0.1) is 0 Å². The van der Waals surface area contributed by atoms with E-state index in [9.17, 15) is 10.1 Å². The first-order valence-corrected chi connectivity index (χ1v) is 6.05. The second kappa shape index (κ2) is 9.31. The van der Waals surface area contributed by atoms with E-state index in [-0.39, 0.29) is 18.8 Å². The van der Waals surface area contributed by atoms with Gasteiger partial charge in [0.1, 0.15) is 12.1 Å². The number of nitro benzene ring substituents is 1. The summed E-state index contributed by atoms with van der Waals surface area (Å²) in [5.41, 5.74) is 0.399. The first kappa shape index (κ1) is 17.4. The average molecular weight is 276 g/mol. The van der Waals surface area contributed by atoms with Crippen LogP contribution in [0.15, 0.2) is 24.3 Å². The topological polar surface area (TPSA) is 114 Å². The first-order valence-electron chi connectivity index (χ1n) is 6.05. The van der Waals surface area contributed by atoms with E-state index in [0.29, 0.717) is 5.69 Å². The largest absolute Gasteiger partial charge is 0.395 e. The molecular weight excluding hydrogens is 260 g/mol. The Bertz CT molecular complexity index is 488. The molecule has 0 unspecified atom stereocenters. The molecule has 0 spiro atoms. The van der Waals surface area contributed by atoms with Crippen LogP contribution >= 0.6 is 0 Å². The summed E-state index contributed by atoms with van der Waals surface area (Å²) in [7, 11) is 0. The Hall–Kier alpha value is -2.64. The zero-order valence-corrected chi connectivity index (χ0v) is 11.4. The maximum atomic E-state index is 10.5. The summed E-state index contributed by atoms with van der Waals surface area (Å²) >= 11 is 0. The van der Waals surface area contributed by atoms with Crippen molar-refractivity contribution in [1.82, 2.24) is 0 Å². The third kappa shape index (κ3) is 4.56. The van der Waals surface area contributed by atoms with Crippen LogP contribution in [0.5, 0.6) is 0 Å². The van der Waals surface area contributed by atoms with Gasteiger partial charge in [-0.25, -0.2) is 0 Å². The predicted octanol–water partition coefficient (Wildman–Crippen LogP) is 1.84. The molecule has 0 aliphatic heterocycles. The number of nitrogens with zero attached hydrogens (tertiary/aromatic N) is 4. The standard InChI is InChI=1S/C11H10N4O3.C2H6/c12-7-11(8-13)14(5-6-16)9-1-3-10(4-2-9)15(17)18;1-2/h1-4,11,16H,5-6H2;1-2H3. The molecule has 0 atom stereocenters. The Balaban J connectivity index is 0.00000172. The van der Waals surface area contributed by atoms with Crippen LogP contribution in [-0.2, 0) is 0 Å². The van der Waals surface area contributed by atoms with Crippen molar-refractivity contribution < 1.29 is 10.0 Å². The van der Waals surface area contributed by atoms with E-state index >= 15 is 0 Å². The zero-order chi connectivity index (χ0) is 15.5. The van der Waals surface area contributed by atoms with Gasteiger partial charge in [-0.1, -0.05) is 13.8 Å². The molecule has 1 aromatic rings. The average Bonchev–Trinajstić information content (AvgIpc) is 2.49. The van der Waals surface area contributed by atoms with Crippen LogP contribution in [0.2, 0.25) is 0 Å². The van der Waals surface area contributed by atoms with Gasteiger partial charge in [-0.2, -0.15) is 10.5 Å². The maximum Gasteiger partial charge on any atom is 0.269 e. The molecule has 0 amide bonds. The van der Waals surface area contributed by atoms with Crippen molar-refractivity contribution in [2.45, 2.75) is 19.9 Å². The van der Waals surface area contributed by atoms with E-state index in [1.807, 2.05) is 13.8 Å². The normalized spacial score (nSPS) is 8.90. The molecule has 106 valence electrons. The van der Waals surface area contributed by atoms with Gasteiger partial charge in [-0.3, -0.25) is 10.1 Å². The quantitative estimate of drug-likeness (QED) is 0.648. The molecule has 7 nitrogen and oxygen atoms in total. The van der Waals surface area contributed by atoms with Gasteiger partial charge >= 0.3 is 0 Å². The van der Waals surface area contributed by atoms with Crippen molar-refractivity contribution in [2.75, 3.05) is 18.1 Å². The van der Waals surface area contributed by atoms with Crippen LogP contribution in [0.3, 0.4) is 0 Å². The number of rotatable bonds is 5. The highest BCUT2D eigenvalue weighted by atomic mass is 16.6. The summed E-state index contributed by atoms with van der Waals surface area (Å²) in [4.78, 5) is 11.3. The Morgan fingerprint density at radius 3 is 2.15 bits per heavy atom. The number of nitro groups is 1. The fourth-order valence-electron chi connectivity index (χ4n) is 1.45. The number of benzene rings is 1. The summed E-state index contributed by atoms with van der Waals surface area (Å²) in [5.74, 6) is 0. The van der Waals surface area contributed by atoms with Gasteiger partial charge in [0, 0.05) is 24.4 Å². The number of anilines is 1. The molecule has 0 bridgehead atoms. The smallest absolute Gasteiger partial charge is 0.269 e. The third-order valence-electron chi connectivity index (χ3n) is 2.29. The molecule has 0 aliphatic rings. The van der Waals surface area contributed by atoms with Crippen LogP contribution in [0, 0.1) is 32.8 Å². The Morgan fingerprint density at radius 2 is 1.80 bits per heavy atom. The highest BCUT2D eigenvalue weighted by Crippen LogP contribution is 2.20.